The van der Waals surface area contributed by atoms with Gasteiger partial charge in [-0.05, 0) is 18.2 Å². The van der Waals surface area contributed by atoms with Gasteiger partial charge in [0.05, 0.1) is 17.8 Å². The van der Waals surface area contributed by atoms with Crippen LogP contribution in [0.2, 0.25) is 0 Å². The third-order valence-corrected chi connectivity index (χ3v) is 4.14. The van der Waals surface area contributed by atoms with Gasteiger partial charge >= 0.3 is 0 Å². The first kappa shape index (κ1) is 17.1. The summed E-state index contributed by atoms with van der Waals surface area (Å²) in [5.41, 5.74) is 1.43. The van der Waals surface area contributed by atoms with E-state index in [0.29, 0.717) is 31.7 Å². The molecule has 2 rings (SSSR count). The van der Waals surface area contributed by atoms with Crippen LogP contribution < -0.4 is 10.2 Å². The lowest BCUT2D eigenvalue weighted by atomic mass is 10.1. The van der Waals surface area contributed by atoms with Crippen LogP contribution in [0.4, 0.5) is 14.5 Å². The quantitative estimate of drug-likeness (QED) is 0.878. The molecule has 1 fully saturated rings. The van der Waals surface area contributed by atoms with Crippen molar-refractivity contribution in [2.45, 2.75) is 12.8 Å². The van der Waals surface area contributed by atoms with E-state index in [4.69, 9.17) is 0 Å². The van der Waals surface area contributed by atoms with Crippen molar-refractivity contribution in [2.24, 2.45) is 0 Å². The predicted molar refractivity (Wildman–Crippen MR) is 86.8 cm³/mol. The molecule has 0 bridgehead atoms. The molecule has 0 radical (unpaired) electrons. The van der Waals surface area contributed by atoms with Gasteiger partial charge < -0.3 is 10.2 Å². The first-order valence-electron chi connectivity index (χ1n) is 7.17. The van der Waals surface area contributed by atoms with Crippen LogP contribution in [-0.4, -0.2) is 56.5 Å². The smallest absolute Gasteiger partial charge is 0.257 e. The summed E-state index contributed by atoms with van der Waals surface area (Å²) < 4.78 is 27.0. The highest BCUT2D eigenvalue weighted by Crippen LogP contribution is 2.27. The number of hydrogen-bond donors (Lipinski definition) is 1. The molecule has 122 valence electrons. The molecule has 0 atom stereocenters. The van der Waals surface area contributed by atoms with Gasteiger partial charge in [-0.2, -0.15) is 0 Å². The van der Waals surface area contributed by atoms with Crippen molar-refractivity contribution in [2.75, 3.05) is 44.7 Å². The molecule has 0 unspecified atom stereocenters. The Balaban J connectivity index is 2.11. The second kappa shape index (κ2) is 6.91. The number of hydrogen-bond acceptors (Lipinski definition) is 3. The Morgan fingerprint density at radius 3 is 2.50 bits per heavy atom. The number of alkyl halides is 2. The molecule has 4 nitrogen and oxygen atoms in total. The summed E-state index contributed by atoms with van der Waals surface area (Å²) in [6.45, 7) is 3.08. The summed E-state index contributed by atoms with van der Waals surface area (Å²) in [6, 6.07) is 5.49. The van der Waals surface area contributed by atoms with Gasteiger partial charge in [0.15, 0.2) is 0 Å². The van der Waals surface area contributed by atoms with E-state index in [-0.39, 0.29) is 12.5 Å². The number of anilines is 1. The molecule has 1 aromatic carbocycles. The summed E-state index contributed by atoms with van der Waals surface area (Å²) in [6.07, 6.45) is 0. The second-order valence-electron chi connectivity index (χ2n) is 5.57. The average molecular weight is 376 g/mol. The van der Waals surface area contributed by atoms with Gasteiger partial charge in [0.2, 0.25) is 0 Å². The van der Waals surface area contributed by atoms with E-state index in [1.165, 1.54) is 0 Å². The lowest BCUT2D eigenvalue weighted by Crippen LogP contribution is -2.49. The topological polar surface area (TPSA) is 35.6 Å². The van der Waals surface area contributed by atoms with Gasteiger partial charge in [-0.15, -0.1) is 0 Å². The number of rotatable bonds is 4. The number of nitrogens with zero attached hydrogens (tertiary/aromatic N) is 2. The summed E-state index contributed by atoms with van der Waals surface area (Å²) >= 11 is 3.42. The van der Waals surface area contributed by atoms with Crippen molar-refractivity contribution in [1.82, 2.24) is 10.2 Å². The Morgan fingerprint density at radius 2 is 1.95 bits per heavy atom. The molecule has 0 aliphatic carbocycles. The Hall–Kier alpha value is -1.21. The first-order chi connectivity index (χ1) is 10.3. The lowest BCUT2D eigenvalue weighted by Gasteiger charge is -2.37. The molecule has 0 spiro atoms. The van der Waals surface area contributed by atoms with Crippen molar-refractivity contribution in [3.8, 4) is 0 Å². The molecular formula is C15H20BrF2N3O. The molecule has 22 heavy (non-hydrogen) atoms. The van der Waals surface area contributed by atoms with Crippen molar-refractivity contribution in [1.29, 1.82) is 0 Å². The zero-order chi connectivity index (χ0) is 16.3. The molecule has 1 heterocycles. The molecule has 0 aromatic heterocycles. The SMILES string of the molecule is CNC(=O)c1ccc(Br)cc1N1CCN(CC(C)(F)F)CC1. The van der Waals surface area contributed by atoms with Gasteiger partial charge in [0, 0.05) is 44.6 Å². The van der Waals surface area contributed by atoms with Crippen molar-refractivity contribution in [3.05, 3.63) is 28.2 Å². The Bertz CT molecular complexity index is 540. The summed E-state index contributed by atoms with van der Waals surface area (Å²) in [4.78, 5) is 15.8. The predicted octanol–water partition coefficient (Wildman–Crippen LogP) is 2.59. The highest BCUT2D eigenvalue weighted by Gasteiger charge is 2.28. The molecule has 1 aromatic rings. The monoisotopic (exact) mass is 375 g/mol. The van der Waals surface area contributed by atoms with Crippen LogP contribution in [0.5, 0.6) is 0 Å². The normalized spacial score (nSPS) is 16.7. The molecule has 1 saturated heterocycles. The third kappa shape index (κ3) is 4.39. The van der Waals surface area contributed by atoms with Crippen molar-refractivity contribution in [3.63, 3.8) is 0 Å². The summed E-state index contributed by atoms with van der Waals surface area (Å²) in [5, 5.41) is 2.63. The van der Waals surface area contributed by atoms with E-state index < -0.39 is 5.92 Å². The lowest BCUT2D eigenvalue weighted by molar-refractivity contribution is -0.0155. The minimum absolute atomic E-state index is 0.148. The average Bonchev–Trinajstić information content (AvgIpc) is 2.45. The maximum atomic E-state index is 13.1. The van der Waals surface area contributed by atoms with E-state index in [1.54, 1.807) is 18.0 Å². The molecule has 1 aliphatic heterocycles. The number of amides is 1. The third-order valence-electron chi connectivity index (χ3n) is 3.65. The van der Waals surface area contributed by atoms with Crippen LogP contribution >= 0.6 is 15.9 Å². The maximum absolute atomic E-state index is 13.1. The van der Waals surface area contributed by atoms with Gasteiger partial charge in [-0.3, -0.25) is 9.69 Å². The molecule has 7 heteroatoms. The van der Waals surface area contributed by atoms with E-state index >= 15 is 0 Å². The molecule has 1 amide bonds. The fraction of sp³-hybridized carbons (Fsp3) is 0.533. The summed E-state index contributed by atoms with van der Waals surface area (Å²) in [5.74, 6) is -2.82. The fourth-order valence-corrected chi connectivity index (χ4v) is 2.98. The largest absolute Gasteiger partial charge is 0.368 e. The van der Waals surface area contributed by atoms with Gasteiger partial charge in [-0.25, -0.2) is 8.78 Å². The zero-order valence-corrected chi connectivity index (χ0v) is 14.3. The molecule has 1 N–H and O–H groups in total. The first-order valence-corrected chi connectivity index (χ1v) is 7.96. The number of nitrogens with one attached hydrogen (secondary N) is 1. The number of halogens is 3. The highest BCUT2D eigenvalue weighted by molar-refractivity contribution is 9.10. The number of benzene rings is 1. The van der Waals surface area contributed by atoms with Crippen LogP contribution in [-0.2, 0) is 0 Å². The minimum atomic E-state index is -2.68. The van der Waals surface area contributed by atoms with Gasteiger partial charge in [0.1, 0.15) is 0 Å². The minimum Gasteiger partial charge on any atom is -0.368 e. The van der Waals surface area contributed by atoms with E-state index in [0.717, 1.165) is 17.1 Å². The van der Waals surface area contributed by atoms with Crippen LogP contribution in [0.15, 0.2) is 22.7 Å². The standard InChI is InChI=1S/C15H20BrF2N3O/c1-15(17,18)10-20-5-7-21(8-6-20)13-9-11(16)3-4-12(13)14(22)19-2/h3-4,9H,5-8,10H2,1-2H3,(H,19,22). The molecular weight excluding hydrogens is 356 g/mol. The van der Waals surface area contributed by atoms with Crippen LogP contribution in [0.3, 0.4) is 0 Å². The Kier molecular flexibility index (Phi) is 5.39. The van der Waals surface area contributed by atoms with Gasteiger partial charge in [0.25, 0.3) is 11.8 Å². The maximum Gasteiger partial charge on any atom is 0.257 e. The van der Waals surface area contributed by atoms with E-state index in [1.807, 2.05) is 12.1 Å². The zero-order valence-electron chi connectivity index (χ0n) is 12.7. The number of piperazine rings is 1. The van der Waals surface area contributed by atoms with E-state index in [9.17, 15) is 13.6 Å². The number of carbonyl (C=O) groups excluding carboxylic acids is 1. The van der Waals surface area contributed by atoms with Crippen LogP contribution in [0.25, 0.3) is 0 Å². The Morgan fingerprint density at radius 1 is 1.32 bits per heavy atom. The van der Waals surface area contributed by atoms with Crippen LogP contribution in [0.1, 0.15) is 17.3 Å². The molecule has 0 saturated carbocycles. The van der Waals surface area contributed by atoms with Crippen molar-refractivity contribution < 1.29 is 13.6 Å². The van der Waals surface area contributed by atoms with Gasteiger partial charge in [-0.1, -0.05) is 15.9 Å². The summed E-state index contributed by atoms with van der Waals surface area (Å²) in [7, 11) is 1.59. The second-order valence-corrected chi connectivity index (χ2v) is 6.49. The highest BCUT2D eigenvalue weighted by atomic mass is 79.9. The van der Waals surface area contributed by atoms with Crippen LogP contribution in [0, 0.1) is 0 Å². The van der Waals surface area contributed by atoms with Crippen molar-refractivity contribution >= 4 is 27.5 Å². The van der Waals surface area contributed by atoms with E-state index in [2.05, 4.69) is 26.1 Å². The Labute approximate surface area is 137 Å². The fourth-order valence-electron chi connectivity index (χ4n) is 2.63. The number of carbonyl (C=O) groups is 1. The molecule has 1 aliphatic rings.